The Morgan fingerprint density at radius 3 is 2.21 bits per heavy atom. The van der Waals surface area contributed by atoms with E-state index in [4.69, 9.17) is 18.9 Å². The van der Waals surface area contributed by atoms with Crippen molar-refractivity contribution in [2.24, 2.45) is 0 Å². The molecular formula is C27H29NO6. The molecule has 1 aliphatic heterocycles. The van der Waals surface area contributed by atoms with Gasteiger partial charge in [0.1, 0.15) is 17.2 Å². The van der Waals surface area contributed by atoms with Gasteiger partial charge < -0.3 is 24.3 Å². The minimum absolute atomic E-state index is 0.0154. The number of rotatable bonds is 6. The monoisotopic (exact) mass is 463 g/mol. The number of carbonyl (C=O) groups excluding carboxylic acids is 2. The van der Waals surface area contributed by atoms with E-state index in [0.29, 0.717) is 46.7 Å². The zero-order chi connectivity index (χ0) is 24.4. The number of Topliss-reactive ketones (excluding diaryl/α,β-unsaturated/α-hetero) is 1. The van der Waals surface area contributed by atoms with Gasteiger partial charge in [0.15, 0.2) is 5.78 Å². The number of benzene rings is 2. The van der Waals surface area contributed by atoms with Crippen molar-refractivity contribution in [1.29, 1.82) is 0 Å². The first-order chi connectivity index (χ1) is 16.4. The molecule has 1 heterocycles. The second-order valence-corrected chi connectivity index (χ2v) is 8.39. The summed E-state index contributed by atoms with van der Waals surface area (Å²) in [6.45, 7) is 1.83. The Kier molecular flexibility index (Phi) is 6.63. The third-order valence-electron chi connectivity index (χ3n) is 6.57. The molecule has 0 saturated carbocycles. The third-order valence-corrected chi connectivity index (χ3v) is 6.57. The van der Waals surface area contributed by atoms with Crippen molar-refractivity contribution >= 4 is 11.8 Å². The summed E-state index contributed by atoms with van der Waals surface area (Å²) in [7, 11) is 6.11. The summed E-state index contributed by atoms with van der Waals surface area (Å²) in [5.41, 5.74) is 4.19. The predicted octanol–water partition coefficient (Wildman–Crippen LogP) is 4.25. The summed E-state index contributed by atoms with van der Waals surface area (Å²) < 4.78 is 21.4. The molecule has 34 heavy (non-hydrogen) atoms. The molecular weight excluding hydrogens is 434 g/mol. The van der Waals surface area contributed by atoms with Crippen molar-refractivity contribution in [3.63, 3.8) is 0 Å². The molecule has 1 aliphatic carbocycles. The maximum atomic E-state index is 13.7. The number of hydrogen-bond acceptors (Lipinski definition) is 7. The van der Waals surface area contributed by atoms with Crippen molar-refractivity contribution in [2.75, 3.05) is 28.4 Å². The summed E-state index contributed by atoms with van der Waals surface area (Å²) in [6, 6.07) is 13.2. The highest BCUT2D eigenvalue weighted by Crippen LogP contribution is 2.48. The first-order valence-electron chi connectivity index (χ1n) is 11.1. The van der Waals surface area contributed by atoms with Crippen LogP contribution in [0.2, 0.25) is 0 Å². The van der Waals surface area contributed by atoms with Gasteiger partial charge in [-0.3, -0.25) is 4.79 Å². The van der Waals surface area contributed by atoms with E-state index in [1.807, 2.05) is 37.3 Å². The fourth-order valence-corrected chi connectivity index (χ4v) is 4.91. The number of allylic oxidation sites excluding steroid dienone is 3. The van der Waals surface area contributed by atoms with Gasteiger partial charge in [-0.05, 0) is 55.2 Å². The van der Waals surface area contributed by atoms with E-state index < -0.39 is 11.9 Å². The van der Waals surface area contributed by atoms with Gasteiger partial charge in [-0.2, -0.15) is 0 Å². The molecule has 4 rings (SSSR count). The van der Waals surface area contributed by atoms with Crippen LogP contribution in [0.3, 0.4) is 0 Å². The number of ether oxygens (including phenoxy) is 4. The molecule has 2 aliphatic rings. The van der Waals surface area contributed by atoms with Gasteiger partial charge in [-0.15, -0.1) is 0 Å². The molecule has 2 atom stereocenters. The molecule has 7 heteroatoms. The van der Waals surface area contributed by atoms with E-state index in [0.717, 1.165) is 17.0 Å². The van der Waals surface area contributed by atoms with Gasteiger partial charge in [0.2, 0.25) is 0 Å². The average molecular weight is 464 g/mol. The highest BCUT2D eigenvalue weighted by atomic mass is 16.5. The molecule has 1 N–H and O–H groups in total. The summed E-state index contributed by atoms with van der Waals surface area (Å²) in [5, 5.41) is 3.34. The lowest BCUT2D eigenvalue weighted by Gasteiger charge is -2.37. The number of methoxy groups -OCH3 is 4. The lowest BCUT2D eigenvalue weighted by Crippen LogP contribution is -2.36. The van der Waals surface area contributed by atoms with Gasteiger partial charge in [0.25, 0.3) is 0 Å². The van der Waals surface area contributed by atoms with Crippen LogP contribution in [0.4, 0.5) is 0 Å². The van der Waals surface area contributed by atoms with Gasteiger partial charge in [-0.25, -0.2) is 4.79 Å². The largest absolute Gasteiger partial charge is 0.497 e. The Labute approximate surface area is 199 Å². The van der Waals surface area contributed by atoms with Gasteiger partial charge >= 0.3 is 5.97 Å². The number of esters is 1. The molecule has 0 spiro atoms. The molecule has 0 amide bonds. The zero-order valence-corrected chi connectivity index (χ0v) is 20.1. The molecule has 178 valence electrons. The van der Waals surface area contributed by atoms with Crippen molar-refractivity contribution in [1.82, 2.24) is 5.32 Å². The highest BCUT2D eigenvalue weighted by Gasteiger charge is 2.42. The molecule has 0 fully saturated rings. The Morgan fingerprint density at radius 1 is 0.912 bits per heavy atom. The van der Waals surface area contributed by atoms with Crippen LogP contribution >= 0.6 is 0 Å². The van der Waals surface area contributed by atoms with E-state index in [1.54, 1.807) is 33.5 Å². The minimum atomic E-state index is -0.627. The van der Waals surface area contributed by atoms with Crippen LogP contribution in [0.1, 0.15) is 42.7 Å². The van der Waals surface area contributed by atoms with E-state index in [1.165, 1.54) is 7.11 Å². The smallest absolute Gasteiger partial charge is 0.336 e. The predicted molar refractivity (Wildman–Crippen MR) is 127 cm³/mol. The second-order valence-electron chi connectivity index (χ2n) is 8.39. The number of ketones is 1. The van der Waals surface area contributed by atoms with Gasteiger partial charge in [-0.1, -0.05) is 12.1 Å². The zero-order valence-electron chi connectivity index (χ0n) is 20.1. The summed E-state index contributed by atoms with van der Waals surface area (Å²) in [4.78, 5) is 26.6. The Hall–Kier alpha value is -3.74. The van der Waals surface area contributed by atoms with Crippen molar-refractivity contribution < 1.29 is 28.5 Å². The minimum Gasteiger partial charge on any atom is -0.497 e. The lowest BCUT2D eigenvalue weighted by molar-refractivity contribution is -0.136. The van der Waals surface area contributed by atoms with Crippen molar-refractivity contribution in [2.45, 2.75) is 31.6 Å². The highest BCUT2D eigenvalue weighted by molar-refractivity contribution is 6.04. The van der Waals surface area contributed by atoms with Crippen LogP contribution in [-0.2, 0) is 14.3 Å². The third kappa shape index (κ3) is 4.14. The lowest BCUT2D eigenvalue weighted by atomic mass is 9.71. The fraction of sp³-hybridized carbons (Fsp3) is 0.333. The van der Waals surface area contributed by atoms with E-state index in [-0.39, 0.29) is 11.7 Å². The Morgan fingerprint density at radius 2 is 1.59 bits per heavy atom. The maximum absolute atomic E-state index is 13.7. The fourth-order valence-electron chi connectivity index (χ4n) is 4.91. The Balaban J connectivity index is 1.84. The molecule has 0 saturated heterocycles. The normalized spacial score (nSPS) is 19.9. The SMILES string of the molecule is COC(=O)C1=C(C)NC2=C(C(=O)C[C@@H](c3ccc(OC)cc3)C2)[C@@H]1c1cc(OC)ccc1OC. The number of dihydropyridines is 1. The number of hydrogen-bond donors (Lipinski definition) is 1. The van der Waals surface area contributed by atoms with Crippen LogP contribution in [-0.4, -0.2) is 40.2 Å². The molecule has 0 aromatic heterocycles. The van der Waals surface area contributed by atoms with Crippen LogP contribution < -0.4 is 19.5 Å². The van der Waals surface area contributed by atoms with Crippen LogP contribution in [0.25, 0.3) is 0 Å². The average Bonchev–Trinajstić information content (AvgIpc) is 2.86. The van der Waals surface area contributed by atoms with Crippen LogP contribution in [0, 0.1) is 0 Å². The summed E-state index contributed by atoms with van der Waals surface area (Å²) in [6.07, 6.45) is 0.977. The quantitative estimate of drug-likeness (QED) is 0.642. The molecule has 7 nitrogen and oxygen atoms in total. The van der Waals surface area contributed by atoms with Crippen molar-refractivity contribution in [3.05, 3.63) is 76.1 Å². The topological polar surface area (TPSA) is 83.1 Å². The molecule has 0 unspecified atom stereocenters. The van der Waals surface area contributed by atoms with E-state index in [9.17, 15) is 9.59 Å². The van der Waals surface area contributed by atoms with Crippen LogP contribution in [0.15, 0.2) is 65.0 Å². The Bertz CT molecular complexity index is 1180. The van der Waals surface area contributed by atoms with E-state index >= 15 is 0 Å². The van der Waals surface area contributed by atoms with Crippen LogP contribution in [0.5, 0.6) is 17.2 Å². The number of nitrogens with one attached hydrogen (secondary N) is 1. The number of carbonyl (C=O) groups is 2. The summed E-state index contributed by atoms with van der Waals surface area (Å²) in [5.74, 6) is 0.836. The standard InChI is InChI=1S/C27H29NO6/c1-15-24(27(30)34-5)25(20-14-19(32-3)10-11-23(20)33-4)26-21(28-15)12-17(13-22(26)29)16-6-8-18(31-2)9-7-16/h6-11,14,17,25,28H,12-13H2,1-5H3/t17-,25+/m0/s1. The molecule has 0 radical (unpaired) electrons. The second kappa shape index (κ2) is 9.63. The summed E-state index contributed by atoms with van der Waals surface area (Å²) >= 11 is 0. The van der Waals surface area contributed by atoms with Gasteiger partial charge in [0.05, 0.1) is 39.9 Å². The van der Waals surface area contributed by atoms with Crippen molar-refractivity contribution in [3.8, 4) is 17.2 Å². The van der Waals surface area contributed by atoms with Gasteiger partial charge in [0, 0.05) is 29.0 Å². The van der Waals surface area contributed by atoms with E-state index in [2.05, 4.69) is 5.32 Å². The first-order valence-corrected chi connectivity index (χ1v) is 11.1. The molecule has 2 aromatic rings. The maximum Gasteiger partial charge on any atom is 0.336 e. The first kappa shape index (κ1) is 23.4. The molecule has 2 aromatic carbocycles. The molecule has 0 bridgehead atoms.